The van der Waals surface area contributed by atoms with Gasteiger partial charge < -0.3 is 9.47 Å². The number of hydrogen-bond acceptors (Lipinski definition) is 5. The lowest BCUT2D eigenvalue weighted by Crippen LogP contribution is -2.75. The van der Waals surface area contributed by atoms with E-state index in [1.165, 1.54) is 24.3 Å². The Morgan fingerprint density at radius 3 is 1.58 bits per heavy atom. The molecule has 0 N–H and O–H groups in total. The van der Waals surface area contributed by atoms with Crippen molar-refractivity contribution in [2.45, 2.75) is 83.8 Å². The molecular weight excluding hydrogens is 779 g/mol. The molecule has 5 nitrogen and oxygen atoms in total. The molecule has 0 aromatic heterocycles. The van der Waals surface area contributed by atoms with Crippen LogP contribution in [0.1, 0.15) is 25.7 Å². The van der Waals surface area contributed by atoms with E-state index < -0.39 is 85.2 Å². The fraction of sp³-hybridized carbons (Fsp3) is 0.615. The first-order chi connectivity index (χ1) is 22.5. The molecular formula is C26H21F17O5S2. The number of rotatable bonds is 12. The van der Waals surface area contributed by atoms with Crippen molar-refractivity contribution in [3.63, 3.8) is 0 Å². The van der Waals surface area contributed by atoms with Crippen molar-refractivity contribution in [1.29, 1.82) is 0 Å². The second-order valence-electron chi connectivity index (χ2n) is 11.1. The van der Waals surface area contributed by atoms with Crippen LogP contribution in [0.4, 0.5) is 74.6 Å². The Labute approximate surface area is 271 Å². The molecule has 2 aliphatic rings. The summed E-state index contributed by atoms with van der Waals surface area (Å²) >= 11 is 0. The van der Waals surface area contributed by atoms with E-state index in [0.29, 0.717) is 19.4 Å². The summed E-state index contributed by atoms with van der Waals surface area (Å²) in [6, 6.07) is 7.54. The van der Waals surface area contributed by atoms with E-state index in [1.54, 1.807) is 0 Å². The molecule has 2 heterocycles. The standard InChI is InChI=1S/C26H21F17O5S2/c27-19(28,21(31,32)23(35,36)25(39,40)41)20(29,30)22(33,34)24(37,38)26(42,43)50(44,45)48-49(12-3-4-13-49)17-10-9-16(47-18-8-5-11-46-18)14-6-1-2-7-15(14)17/h1-2,6-7,9-10,18H,3-5,8,11-13H2. The fourth-order valence-corrected chi connectivity index (χ4v) is 10.9. The summed E-state index contributed by atoms with van der Waals surface area (Å²) in [5, 5.41) is -7.66. The van der Waals surface area contributed by atoms with Crippen LogP contribution in [0.15, 0.2) is 41.3 Å². The lowest BCUT2D eigenvalue weighted by Gasteiger charge is -2.43. The van der Waals surface area contributed by atoms with Gasteiger partial charge in [-0.15, -0.1) is 0 Å². The summed E-state index contributed by atoms with van der Waals surface area (Å²) in [6.45, 7) is 0.323. The normalized spacial score (nSPS) is 21.1. The first-order valence-corrected chi connectivity index (χ1v) is 17.0. The molecule has 2 saturated heterocycles. The molecule has 1 atom stereocenters. The first kappa shape index (κ1) is 40.3. The summed E-state index contributed by atoms with van der Waals surface area (Å²) in [4.78, 5) is -0.314. The first-order valence-electron chi connectivity index (χ1n) is 13.7. The fourth-order valence-electron chi connectivity index (χ4n) is 5.07. The Morgan fingerprint density at radius 2 is 1.10 bits per heavy atom. The zero-order valence-corrected chi connectivity index (χ0v) is 25.9. The molecule has 24 heteroatoms. The topological polar surface area (TPSA) is 61.8 Å². The predicted molar refractivity (Wildman–Crippen MR) is 139 cm³/mol. The van der Waals surface area contributed by atoms with Gasteiger partial charge in [0.05, 0.1) is 6.61 Å². The summed E-state index contributed by atoms with van der Waals surface area (Å²) in [5.41, 5.74) is 0. The van der Waals surface area contributed by atoms with Gasteiger partial charge in [-0.3, -0.25) is 0 Å². The molecule has 50 heavy (non-hydrogen) atoms. The van der Waals surface area contributed by atoms with Gasteiger partial charge in [0.1, 0.15) is 5.75 Å². The monoisotopic (exact) mass is 800 g/mol. The van der Waals surface area contributed by atoms with Gasteiger partial charge in [0.15, 0.2) is 6.29 Å². The van der Waals surface area contributed by atoms with Gasteiger partial charge >= 0.3 is 57.1 Å². The maximum atomic E-state index is 15.0. The third-order valence-electron chi connectivity index (χ3n) is 7.82. The average Bonchev–Trinajstić information content (AvgIpc) is 3.68. The third kappa shape index (κ3) is 5.73. The van der Waals surface area contributed by atoms with Crippen LogP contribution < -0.4 is 4.74 Å². The zero-order chi connectivity index (χ0) is 38.2. The Balaban J connectivity index is 1.78. The minimum absolute atomic E-state index is 0.0329. The number of alkyl halides is 17. The molecule has 1 unspecified atom stereocenters. The highest BCUT2D eigenvalue weighted by Crippen LogP contribution is 2.68. The molecule has 2 aromatic rings. The van der Waals surface area contributed by atoms with Crippen LogP contribution in [-0.4, -0.2) is 79.8 Å². The second-order valence-corrected chi connectivity index (χ2v) is 15.9. The second kappa shape index (κ2) is 12.3. The van der Waals surface area contributed by atoms with Crippen molar-refractivity contribution < 1.29 is 96.2 Å². The van der Waals surface area contributed by atoms with Crippen molar-refractivity contribution in [1.82, 2.24) is 0 Å². The van der Waals surface area contributed by atoms with Gasteiger partial charge in [0, 0.05) is 28.2 Å². The molecule has 286 valence electrons. The summed E-state index contributed by atoms with van der Waals surface area (Å²) in [6.07, 6.45) is -7.85. The minimum Gasteiger partial charge on any atom is -0.464 e. The van der Waals surface area contributed by atoms with Gasteiger partial charge in [-0.05, 0) is 36.8 Å². The molecule has 0 bridgehead atoms. The number of fused-ring (bicyclic) bond motifs is 1. The van der Waals surface area contributed by atoms with Crippen molar-refractivity contribution in [2.24, 2.45) is 0 Å². The van der Waals surface area contributed by atoms with E-state index in [0.717, 1.165) is 12.1 Å². The van der Waals surface area contributed by atoms with Gasteiger partial charge in [-0.2, -0.15) is 83.1 Å². The van der Waals surface area contributed by atoms with Crippen molar-refractivity contribution >= 4 is 31.2 Å². The van der Waals surface area contributed by atoms with Gasteiger partial charge in [0.25, 0.3) is 0 Å². The van der Waals surface area contributed by atoms with E-state index in [2.05, 4.69) is 3.63 Å². The number of hydrogen-bond donors (Lipinski definition) is 0. The quantitative estimate of drug-likeness (QED) is 0.200. The van der Waals surface area contributed by atoms with Crippen molar-refractivity contribution in [3.05, 3.63) is 36.4 Å². The van der Waals surface area contributed by atoms with Crippen LogP contribution in [0.25, 0.3) is 10.8 Å². The lowest BCUT2D eigenvalue weighted by atomic mass is 9.91. The van der Waals surface area contributed by atoms with E-state index in [1.807, 2.05) is 0 Å². The summed E-state index contributed by atoms with van der Waals surface area (Å²) in [5.74, 6) is -53.2. The average molecular weight is 801 g/mol. The van der Waals surface area contributed by atoms with Crippen LogP contribution in [0.2, 0.25) is 0 Å². The Morgan fingerprint density at radius 1 is 0.620 bits per heavy atom. The van der Waals surface area contributed by atoms with E-state index in [4.69, 9.17) is 9.47 Å². The van der Waals surface area contributed by atoms with Crippen LogP contribution in [0, 0.1) is 0 Å². The lowest BCUT2D eigenvalue weighted by molar-refractivity contribution is -0.458. The molecule has 2 aliphatic heterocycles. The van der Waals surface area contributed by atoms with E-state index in [-0.39, 0.29) is 34.3 Å². The van der Waals surface area contributed by atoms with Crippen LogP contribution >= 0.6 is 10.3 Å². The van der Waals surface area contributed by atoms with Crippen LogP contribution in [-0.2, 0) is 18.5 Å². The minimum atomic E-state index is -8.92. The SMILES string of the molecule is O=S(=O)(OS1(c2ccc(OC3CCCO3)c3ccccc23)CCCC1)C(F)(F)C(F)(F)C(F)(F)C(F)(F)C(F)(F)C(F)(F)C(F)(F)C(F)(F)F. The highest BCUT2D eigenvalue weighted by atomic mass is 32.3. The van der Waals surface area contributed by atoms with Gasteiger partial charge in [-0.1, -0.05) is 34.6 Å². The molecule has 0 saturated carbocycles. The Kier molecular flexibility index (Phi) is 9.92. The third-order valence-corrected chi connectivity index (χ3v) is 13.5. The molecule has 2 aromatic carbocycles. The smallest absolute Gasteiger partial charge is 0.460 e. The van der Waals surface area contributed by atoms with Crippen LogP contribution in [0.5, 0.6) is 5.75 Å². The highest BCUT2D eigenvalue weighted by Gasteiger charge is 2.96. The summed E-state index contributed by atoms with van der Waals surface area (Å²) < 4.78 is 276. The highest BCUT2D eigenvalue weighted by molar-refractivity contribution is 8.33. The van der Waals surface area contributed by atoms with E-state index in [9.17, 15) is 74.3 Å². The maximum absolute atomic E-state index is 15.0. The zero-order valence-electron chi connectivity index (χ0n) is 24.3. The largest absolute Gasteiger partial charge is 0.464 e. The van der Waals surface area contributed by atoms with Gasteiger partial charge in [-0.25, -0.2) is 3.63 Å². The Bertz CT molecular complexity index is 1680. The molecule has 0 amide bonds. The molecule has 2 fully saturated rings. The number of halogens is 17. The van der Waals surface area contributed by atoms with E-state index >= 15 is 8.78 Å². The molecule has 0 spiro atoms. The maximum Gasteiger partial charge on any atom is 0.460 e. The Hall–Kier alpha value is -2.47. The van der Waals surface area contributed by atoms with Crippen LogP contribution in [0.3, 0.4) is 0 Å². The van der Waals surface area contributed by atoms with Gasteiger partial charge in [0.2, 0.25) is 0 Å². The molecule has 0 aliphatic carbocycles. The summed E-state index contributed by atoms with van der Waals surface area (Å²) in [7, 11) is -11.6. The number of ether oxygens (including phenoxy) is 2. The van der Waals surface area contributed by atoms with Crippen molar-refractivity contribution in [2.75, 3.05) is 18.1 Å². The molecule has 0 radical (unpaired) electrons. The van der Waals surface area contributed by atoms with Crippen molar-refractivity contribution in [3.8, 4) is 5.75 Å². The molecule has 4 rings (SSSR count). The predicted octanol–water partition coefficient (Wildman–Crippen LogP) is 9.54. The number of benzene rings is 2.